The molecule has 2 atom stereocenters. The lowest BCUT2D eigenvalue weighted by atomic mass is 9.82. The Balaban J connectivity index is 1.48. The van der Waals surface area contributed by atoms with Gasteiger partial charge >= 0.3 is 0 Å². The molecular weight excluding hydrogens is 238 g/mol. The lowest BCUT2D eigenvalue weighted by Crippen LogP contribution is -2.57. The summed E-state index contributed by atoms with van der Waals surface area (Å²) in [6.07, 6.45) is 8.83. The normalized spacial score (nSPS) is 35.1. The molecule has 19 heavy (non-hydrogen) atoms. The summed E-state index contributed by atoms with van der Waals surface area (Å²) in [5.74, 6) is 0.629. The third-order valence-corrected chi connectivity index (χ3v) is 5.15. The van der Waals surface area contributed by atoms with Gasteiger partial charge in [-0.15, -0.1) is 0 Å². The van der Waals surface area contributed by atoms with E-state index in [1.165, 1.54) is 32.1 Å². The molecular formula is C15H27N3O. The van der Waals surface area contributed by atoms with Crippen LogP contribution in [0.25, 0.3) is 0 Å². The summed E-state index contributed by atoms with van der Waals surface area (Å²) in [6.45, 7) is 1.89. The van der Waals surface area contributed by atoms with Crippen LogP contribution in [0.2, 0.25) is 0 Å². The van der Waals surface area contributed by atoms with E-state index in [1.807, 2.05) is 0 Å². The first-order valence-electron chi connectivity index (χ1n) is 7.98. The Morgan fingerprint density at radius 2 is 1.84 bits per heavy atom. The molecule has 108 valence electrons. The van der Waals surface area contributed by atoms with Crippen LogP contribution in [-0.2, 0) is 4.79 Å². The molecule has 0 aromatic carbocycles. The highest BCUT2D eigenvalue weighted by molar-refractivity contribution is 5.80. The molecule has 3 fully saturated rings. The average Bonchev–Trinajstić information content (AvgIpc) is 3.22. The van der Waals surface area contributed by atoms with Gasteiger partial charge in [0.15, 0.2) is 0 Å². The predicted molar refractivity (Wildman–Crippen MR) is 75.9 cm³/mol. The summed E-state index contributed by atoms with van der Waals surface area (Å²) in [5, 5.41) is 6.56. The molecule has 2 heterocycles. The van der Waals surface area contributed by atoms with Gasteiger partial charge in [0.2, 0.25) is 5.91 Å². The van der Waals surface area contributed by atoms with Crippen LogP contribution in [0.15, 0.2) is 0 Å². The van der Waals surface area contributed by atoms with Crippen molar-refractivity contribution in [2.75, 3.05) is 20.1 Å². The third kappa shape index (κ3) is 3.11. The van der Waals surface area contributed by atoms with Gasteiger partial charge in [0.05, 0.1) is 0 Å². The van der Waals surface area contributed by atoms with E-state index in [0.29, 0.717) is 12.0 Å². The van der Waals surface area contributed by atoms with Crippen molar-refractivity contribution in [1.29, 1.82) is 0 Å². The summed E-state index contributed by atoms with van der Waals surface area (Å²) in [7, 11) is 2.09. The predicted octanol–water partition coefficient (Wildman–Crippen LogP) is 1.12. The van der Waals surface area contributed by atoms with E-state index in [1.54, 1.807) is 0 Å². The van der Waals surface area contributed by atoms with Crippen LogP contribution in [0.1, 0.15) is 44.9 Å². The first-order chi connectivity index (χ1) is 9.28. The molecule has 2 saturated heterocycles. The van der Waals surface area contributed by atoms with Crippen molar-refractivity contribution in [2.24, 2.45) is 5.92 Å². The second-order valence-corrected chi connectivity index (χ2v) is 6.50. The topological polar surface area (TPSA) is 44.4 Å². The maximum atomic E-state index is 11.7. The average molecular weight is 265 g/mol. The summed E-state index contributed by atoms with van der Waals surface area (Å²) < 4.78 is 0. The first-order valence-corrected chi connectivity index (χ1v) is 7.98. The second-order valence-electron chi connectivity index (χ2n) is 6.50. The number of nitrogens with one attached hydrogen (secondary N) is 2. The van der Waals surface area contributed by atoms with Crippen molar-refractivity contribution >= 4 is 5.91 Å². The van der Waals surface area contributed by atoms with E-state index in [9.17, 15) is 4.79 Å². The van der Waals surface area contributed by atoms with Crippen molar-refractivity contribution in [3.63, 3.8) is 0 Å². The zero-order valence-electron chi connectivity index (χ0n) is 12.0. The van der Waals surface area contributed by atoms with Gasteiger partial charge in [-0.05, 0) is 45.6 Å². The molecule has 1 saturated carbocycles. The SMILES string of the molecule is CNC1CC2CCCC(C1)N2CCNC(=O)C1CC1. The van der Waals surface area contributed by atoms with Crippen molar-refractivity contribution in [1.82, 2.24) is 15.5 Å². The number of fused-ring (bicyclic) bond motifs is 2. The molecule has 2 bridgehead atoms. The van der Waals surface area contributed by atoms with E-state index < -0.39 is 0 Å². The Morgan fingerprint density at radius 3 is 2.42 bits per heavy atom. The largest absolute Gasteiger partial charge is 0.355 e. The molecule has 2 aliphatic heterocycles. The minimum atomic E-state index is 0.287. The Bertz CT molecular complexity index is 315. The summed E-state index contributed by atoms with van der Waals surface area (Å²) >= 11 is 0. The van der Waals surface area contributed by atoms with Gasteiger partial charge in [0.1, 0.15) is 0 Å². The maximum absolute atomic E-state index is 11.7. The van der Waals surface area contributed by atoms with E-state index in [0.717, 1.165) is 38.0 Å². The molecule has 3 aliphatic rings. The minimum Gasteiger partial charge on any atom is -0.355 e. The number of piperidine rings is 2. The van der Waals surface area contributed by atoms with Crippen molar-refractivity contribution in [3.8, 4) is 0 Å². The highest BCUT2D eigenvalue weighted by Crippen LogP contribution is 2.33. The van der Waals surface area contributed by atoms with Gasteiger partial charge in [-0.25, -0.2) is 0 Å². The molecule has 1 aliphatic carbocycles. The first kappa shape index (κ1) is 13.4. The zero-order chi connectivity index (χ0) is 13.2. The molecule has 4 nitrogen and oxygen atoms in total. The van der Waals surface area contributed by atoms with Crippen LogP contribution in [-0.4, -0.2) is 49.1 Å². The Morgan fingerprint density at radius 1 is 1.16 bits per heavy atom. The number of amides is 1. The molecule has 4 heteroatoms. The smallest absolute Gasteiger partial charge is 0.223 e. The summed E-state index contributed by atoms with van der Waals surface area (Å²) in [4.78, 5) is 14.3. The lowest BCUT2D eigenvalue weighted by Gasteiger charge is -2.49. The van der Waals surface area contributed by atoms with Crippen LogP contribution >= 0.6 is 0 Å². The van der Waals surface area contributed by atoms with Crippen LogP contribution in [0, 0.1) is 5.92 Å². The number of hydrogen-bond donors (Lipinski definition) is 2. The van der Waals surface area contributed by atoms with Gasteiger partial charge in [0.25, 0.3) is 0 Å². The van der Waals surface area contributed by atoms with E-state index in [-0.39, 0.29) is 5.91 Å². The number of nitrogens with zero attached hydrogens (tertiary/aromatic N) is 1. The van der Waals surface area contributed by atoms with Crippen LogP contribution in [0.4, 0.5) is 0 Å². The van der Waals surface area contributed by atoms with E-state index in [2.05, 4.69) is 22.6 Å². The van der Waals surface area contributed by atoms with Crippen molar-refractivity contribution in [2.45, 2.75) is 63.1 Å². The van der Waals surface area contributed by atoms with Gasteiger partial charge in [-0.3, -0.25) is 9.69 Å². The highest BCUT2D eigenvalue weighted by atomic mass is 16.2. The molecule has 0 aromatic heterocycles. The quantitative estimate of drug-likeness (QED) is 0.783. The second kappa shape index (κ2) is 5.80. The Hall–Kier alpha value is -0.610. The molecule has 1 amide bonds. The van der Waals surface area contributed by atoms with Crippen LogP contribution in [0.5, 0.6) is 0 Å². The minimum absolute atomic E-state index is 0.287. The highest BCUT2D eigenvalue weighted by Gasteiger charge is 2.37. The van der Waals surface area contributed by atoms with Gasteiger partial charge < -0.3 is 10.6 Å². The van der Waals surface area contributed by atoms with Crippen molar-refractivity contribution < 1.29 is 4.79 Å². The van der Waals surface area contributed by atoms with Crippen molar-refractivity contribution in [3.05, 3.63) is 0 Å². The Labute approximate surface area is 116 Å². The van der Waals surface area contributed by atoms with Crippen LogP contribution in [0.3, 0.4) is 0 Å². The summed E-state index contributed by atoms with van der Waals surface area (Å²) in [6, 6.07) is 2.18. The summed E-state index contributed by atoms with van der Waals surface area (Å²) in [5.41, 5.74) is 0. The molecule has 3 rings (SSSR count). The molecule has 0 spiro atoms. The fourth-order valence-corrected chi connectivity index (χ4v) is 3.88. The maximum Gasteiger partial charge on any atom is 0.223 e. The van der Waals surface area contributed by atoms with E-state index >= 15 is 0 Å². The zero-order valence-corrected chi connectivity index (χ0v) is 12.0. The molecule has 2 unspecified atom stereocenters. The molecule has 2 N–H and O–H groups in total. The lowest BCUT2D eigenvalue weighted by molar-refractivity contribution is -0.122. The number of carbonyl (C=O) groups excluding carboxylic acids is 1. The molecule has 0 aromatic rings. The Kier molecular flexibility index (Phi) is 4.08. The monoisotopic (exact) mass is 265 g/mol. The van der Waals surface area contributed by atoms with Gasteiger partial charge in [-0.1, -0.05) is 6.42 Å². The van der Waals surface area contributed by atoms with Gasteiger partial charge in [0, 0.05) is 37.1 Å². The standard InChI is InChI=1S/C15H27N3O/c1-16-12-9-13-3-2-4-14(10-12)18(13)8-7-17-15(19)11-5-6-11/h11-14,16H,2-10H2,1H3,(H,17,19). The molecule has 0 radical (unpaired) electrons. The fraction of sp³-hybridized carbons (Fsp3) is 0.933. The van der Waals surface area contributed by atoms with Gasteiger partial charge in [-0.2, -0.15) is 0 Å². The number of rotatable bonds is 5. The number of hydrogen-bond acceptors (Lipinski definition) is 3. The van der Waals surface area contributed by atoms with E-state index in [4.69, 9.17) is 0 Å². The number of carbonyl (C=O) groups is 1. The third-order valence-electron chi connectivity index (χ3n) is 5.15. The fourth-order valence-electron chi connectivity index (χ4n) is 3.88. The van der Waals surface area contributed by atoms with Crippen LogP contribution < -0.4 is 10.6 Å².